The van der Waals surface area contributed by atoms with Gasteiger partial charge in [0.1, 0.15) is 24.0 Å². The summed E-state index contributed by atoms with van der Waals surface area (Å²) < 4.78 is 40.3. The van der Waals surface area contributed by atoms with Crippen LogP contribution in [0, 0.1) is 5.92 Å². The van der Waals surface area contributed by atoms with E-state index in [9.17, 15) is 42.6 Å². The van der Waals surface area contributed by atoms with Crippen LogP contribution in [0.4, 0.5) is 18.9 Å². The number of hydrogen-bond donors (Lipinski definition) is 3. The molecule has 13 nitrogen and oxygen atoms in total. The van der Waals surface area contributed by atoms with E-state index in [1.54, 1.807) is 0 Å². The SMILES string of the molecule is O=C(Cn1nnnc1SCC1=C(C(=O)O)N2C(=O)[C@@H]3[C@H]2[C@H](C1)CN3C(=O)C(F)(F)F)Nc1ccc(O)cc1. The van der Waals surface area contributed by atoms with E-state index < -0.39 is 47.9 Å². The minimum Gasteiger partial charge on any atom is -0.508 e. The molecule has 17 heteroatoms. The van der Waals surface area contributed by atoms with Gasteiger partial charge in [-0.05, 0) is 46.7 Å². The number of phenols is 1. The third kappa shape index (κ3) is 4.42. The summed E-state index contributed by atoms with van der Waals surface area (Å²) in [6.45, 7) is -0.612. The van der Waals surface area contributed by atoms with Gasteiger partial charge in [0.2, 0.25) is 11.1 Å². The van der Waals surface area contributed by atoms with Crippen molar-refractivity contribution in [3.63, 3.8) is 0 Å². The van der Waals surface area contributed by atoms with Crippen molar-refractivity contribution in [2.24, 2.45) is 5.92 Å². The van der Waals surface area contributed by atoms with E-state index in [4.69, 9.17) is 0 Å². The number of benzene rings is 1. The molecule has 5 rings (SSSR count). The number of carbonyl (C=O) groups excluding carboxylic acids is 3. The molecule has 0 spiro atoms. The lowest BCUT2D eigenvalue weighted by atomic mass is 9.79. The van der Waals surface area contributed by atoms with Crippen LogP contribution in [0.5, 0.6) is 5.75 Å². The number of amides is 3. The Labute approximate surface area is 215 Å². The van der Waals surface area contributed by atoms with Crippen LogP contribution in [0.3, 0.4) is 0 Å². The van der Waals surface area contributed by atoms with Gasteiger partial charge in [0.25, 0.3) is 5.91 Å². The largest absolute Gasteiger partial charge is 0.508 e. The predicted octanol–water partition coefficient (Wildman–Crippen LogP) is 0.452. The summed E-state index contributed by atoms with van der Waals surface area (Å²) in [5.74, 6) is -5.44. The fraction of sp³-hybridized carbons (Fsp3) is 0.381. The second kappa shape index (κ2) is 9.30. The Bertz CT molecular complexity index is 1360. The van der Waals surface area contributed by atoms with E-state index in [1.807, 2.05) is 0 Å². The first-order valence-corrected chi connectivity index (χ1v) is 12.1. The number of hydrogen-bond acceptors (Lipinski definition) is 9. The number of carboxylic acid groups (broad SMARTS) is 1. The van der Waals surface area contributed by atoms with Crippen LogP contribution in [0.2, 0.25) is 0 Å². The topological polar surface area (TPSA) is 171 Å². The Morgan fingerprint density at radius 1 is 1.18 bits per heavy atom. The highest BCUT2D eigenvalue weighted by Gasteiger charge is 2.66. The van der Waals surface area contributed by atoms with Gasteiger partial charge in [-0.15, -0.1) is 5.10 Å². The standard InChI is InChI=1S/C21H18F3N7O6S/c22-21(23,24)19(37)29-6-9-5-10(15(18(35)36)31-14(9)16(29)17(31)34)8-38-20-26-27-28-30(20)7-13(33)25-11-1-3-12(32)4-2-11/h1-4,9,14,16,32H,5-8H2,(H,25,33)(H,35,36)/t9-,14-,16+/m1/s1. The second-order valence-electron chi connectivity index (χ2n) is 8.82. The number of thioether (sulfide) groups is 1. The number of aromatic nitrogens is 4. The molecule has 2 fully saturated rings. The highest BCUT2D eigenvalue weighted by atomic mass is 32.2. The quantitative estimate of drug-likeness (QED) is 0.248. The Hall–Kier alpha value is -4.15. The number of rotatable bonds is 7. The fourth-order valence-electron chi connectivity index (χ4n) is 4.97. The molecular formula is C21H18F3N7O6S. The van der Waals surface area contributed by atoms with Crippen LogP contribution < -0.4 is 5.32 Å². The average Bonchev–Trinajstić information content (AvgIpc) is 3.44. The number of nitrogens with one attached hydrogen (secondary N) is 1. The number of carbonyl (C=O) groups is 4. The zero-order valence-corrected chi connectivity index (χ0v) is 19.9. The first-order chi connectivity index (χ1) is 18.0. The summed E-state index contributed by atoms with van der Waals surface area (Å²) in [6.07, 6.45) is -5.09. The molecule has 3 aliphatic heterocycles. The smallest absolute Gasteiger partial charge is 0.471 e. The van der Waals surface area contributed by atoms with E-state index in [2.05, 4.69) is 20.8 Å². The number of nitrogens with zero attached hydrogens (tertiary/aromatic N) is 6. The lowest BCUT2D eigenvalue weighted by Crippen LogP contribution is -2.70. The molecule has 200 valence electrons. The van der Waals surface area contributed by atoms with Gasteiger partial charge in [0, 0.05) is 23.9 Å². The molecule has 0 bridgehead atoms. The van der Waals surface area contributed by atoms with Gasteiger partial charge in [-0.3, -0.25) is 19.3 Å². The molecule has 1 aromatic carbocycles. The number of tetrazole rings is 1. The number of carboxylic acids is 1. The Morgan fingerprint density at radius 2 is 1.89 bits per heavy atom. The molecule has 3 amide bonds. The van der Waals surface area contributed by atoms with Crippen molar-refractivity contribution in [1.82, 2.24) is 30.0 Å². The number of anilines is 1. The van der Waals surface area contributed by atoms with E-state index in [-0.39, 0.29) is 47.4 Å². The molecule has 2 saturated heterocycles. The normalized spacial score (nSPS) is 22.3. The summed E-state index contributed by atoms with van der Waals surface area (Å²) in [5, 5.41) is 33.0. The van der Waals surface area contributed by atoms with Crippen molar-refractivity contribution in [3.8, 4) is 5.75 Å². The molecule has 1 aromatic heterocycles. The molecule has 3 N–H and O–H groups in total. The molecule has 0 aliphatic carbocycles. The molecule has 38 heavy (non-hydrogen) atoms. The van der Waals surface area contributed by atoms with Crippen molar-refractivity contribution in [2.45, 2.75) is 36.4 Å². The number of alkyl halides is 3. The summed E-state index contributed by atoms with van der Waals surface area (Å²) in [5.41, 5.74) is 0.376. The van der Waals surface area contributed by atoms with Gasteiger partial charge in [-0.1, -0.05) is 11.8 Å². The lowest BCUT2D eigenvalue weighted by molar-refractivity contribution is -0.190. The molecule has 0 saturated carbocycles. The van der Waals surface area contributed by atoms with Gasteiger partial charge in [0.05, 0.1) is 6.04 Å². The maximum atomic E-state index is 13.0. The highest BCUT2D eigenvalue weighted by Crippen LogP contribution is 2.48. The van der Waals surface area contributed by atoms with E-state index in [1.165, 1.54) is 28.9 Å². The molecule has 0 radical (unpaired) electrons. The molecular weight excluding hydrogens is 535 g/mol. The summed E-state index contributed by atoms with van der Waals surface area (Å²) in [4.78, 5) is 50.4. The van der Waals surface area contributed by atoms with E-state index >= 15 is 0 Å². The fourth-order valence-corrected chi connectivity index (χ4v) is 5.87. The maximum absolute atomic E-state index is 13.0. The van der Waals surface area contributed by atoms with Gasteiger partial charge in [0.15, 0.2) is 0 Å². The summed E-state index contributed by atoms with van der Waals surface area (Å²) in [6, 6.07) is 3.60. The lowest BCUT2D eigenvalue weighted by Gasteiger charge is -2.49. The van der Waals surface area contributed by atoms with Crippen LogP contribution in [0.25, 0.3) is 0 Å². The molecule has 3 atom stereocenters. The van der Waals surface area contributed by atoms with Gasteiger partial charge >= 0.3 is 18.1 Å². The molecule has 0 unspecified atom stereocenters. The first kappa shape index (κ1) is 25.5. The van der Waals surface area contributed by atoms with Crippen molar-refractivity contribution < 1.29 is 42.6 Å². The van der Waals surface area contributed by atoms with Crippen molar-refractivity contribution in [1.29, 1.82) is 0 Å². The minimum absolute atomic E-state index is 0.0214. The number of β-lactam (4-membered cyclic amide) rings is 1. The second-order valence-corrected chi connectivity index (χ2v) is 9.77. The molecule has 3 aliphatic rings. The zero-order chi connectivity index (χ0) is 27.4. The number of aromatic hydroxyl groups is 1. The Balaban J connectivity index is 1.29. The predicted molar refractivity (Wildman–Crippen MR) is 120 cm³/mol. The van der Waals surface area contributed by atoms with Crippen LogP contribution >= 0.6 is 11.8 Å². The summed E-state index contributed by atoms with van der Waals surface area (Å²) in [7, 11) is 0. The van der Waals surface area contributed by atoms with Crippen LogP contribution in [0.15, 0.2) is 40.7 Å². The van der Waals surface area contributed by atoms with Crippen LogP contribution in [-0.4, -0.2) is 94.5 Å². The average molecular weight is 553 g/mol. The number of aliphatic carboxylic acids is 1. The maximum Gasteiger partial charge on any atom is 0.471 e. The van der Waals surface area contributed by atoms with Gasteiger partial charge in [-0.25, -0.2) is 9.48 Å². The Morgan fingerprint density at radius 3 is 2.55 bits per heavy atom. The van der Waals surface area contributed by atoms with Gasteiger partial charge in [-0.2, -0.15) is 13.2 Å². The van der Waals surface area contributed by atoms with Crippen molar-refractivity contribution in [3.05, 3.63) is 35.5 Å². The third-order valence-electron chi connectivity index (χ3n) is 6.47. The van der Waals surface area contributed by atoms with E-state index in [0.29, 0.717) is 10.6 Å². The van der Waals surface area contributed by atoms with Crippen molar-refractivity contribution >= 4 is 41.1 Å². The number of halogens is 3. The number of phenolic OH excluding ortho intramolecular Hbond substituents is 1. The van der Waals surface area contributed by atoms with E-state index in [0.717, 1.165) is 16.7 Å². The van der Waals surface area contributed by atoms with Crippen LogP contribution in [0.1, 0.15) is 6.42 Å². The highest BCUT2D eigenvalue weighted by molar-refractivity contribution is 7.99. The minimum atomic E-state index is -5.15. The van der Waals surface area contributed by atoms with Crippen molar-refractivity contribution in [2.75, 3.05) is 17.6 Å². The monoisotopic (exact) mass is 553 g/mol. The van der Waals surface area contributed by atoms with Gasteiger partial charge < -0.3 is 20.4 Å². The molecule has 2 aromatic rings. The number of likely N-dealkylation sites (tertiary alicyclic amines) is 1. The molecule has 4 heterocycles. The zero-order valence-electron chi connectivity index (χ0n) is 19.1. The Kier molecular flexibility index (Phi) is 6.24. The van der Waals surface area contributed by atoms with Crippen LogP contribution in [-0.2, 0) is 25.7 Å². The third-order valence-corrected chi connectivity index (χ3v) is 7.51. The summed E-state index contributed by atoms with van der Waals surface area (Å²) >= 11 is 0.992. The first-order valence-electron chi connectivity index (χ1n) is 11.1.